The monoisotopic (exact) mass is 380 g/mol. The molecule has 2 aromatic rings. The summed E-state index contributed by atoms with van der Waals surface area (Å²) in [6.45, 7) is 0.380. The van der Waals surface area contributed by atoms with E-state index in [0.717, 1.165) is 0 Å². The van der Waals surface area contributed by atoms with Crippen LogP contribution in [-0.4, -0.2) is 44.3 Å². The summed E-state index contributed by atoms with van der Waals surface area (Å²) in [5.74, 6) is -2.06. The molecule has 5 nitrogen and oxygen atoms in total. The lowest BCUT2D eigenvalue weighted by atomic mass is 10.1. The molecule has 1 N–H and O–H groups in total. The number of esters is 1. The minimum absolute atomic E-state index is 0. The van der Waals surface area contributed by atoms with Gasteiger partial charge in [0.05, 0.1) is 0 Å². The van der Waals surface area contributed by atoms with Crippen LogP contribution in [0.15, 0.2) is 48.5 Å². The van der Waals surface area contributed by atoms with Crippen molar-refractivity contribution in [2.45, 2.75) is 6.92 Å². The van der Waals surface area contributed by atoms with Crippen LogP contribution >= 0.6 is 0 Å². The second kappa shape index (κ2) is 13.4. The molecule has 2 rings (SSSR count). The Kier molecular flexibility index (Phi) is 13.0. The number of Topliss-reactive ketones (excluding diaryl/α,β-unsaturated/α-hetero) is 2. The number of carbonyl (C=O) groups excluding carboxylic acids is 3. The van der Waals surface area contributed by atoms with Gasteiger partial charge in [0, 0.05) is 18.1 Å². The minimum Gasteiger partial charge on any atom is -0.457 e. The van der Waals surface area contributed by atoms with Gasteiger partial charge in [0.1, 0.15) is 18.2 Å². The first kappa shape index (κ1) is 26.4. The largest absolute Gasteiger partial charge is 0.457 e. The molecule has 0 aromatic heterocycles. The van der Waals surface area contributed by atoms with Gasteiger partial charge in [-0.05, 0) is 48.5 Å². The normalized spacial score (nSPS) is 8.89. The summed E-state index contributed by atoms with van der Waals surface area (Å²) in [5.41, 5.74) is 0.654. The van der Waals surface area contributed by atoms with Crippen LogP contribution in [0.1, 0.15) is 27.6 Å². The number of hydrogen-bond donors (Lipinski definition) is 1. The van der Waals surface area contributed by atoms with E-state index in [1.54, 1.807) is 0 Å². The molecule has 0 aliphatic rings. The Morgan fingerprint density at radius 1 is 0.852 bits per heavy atom. The van der Waals surface area contributed by atoms with E-state index in [9.17, 15) is 23.2 Å². The van der Waals surface area contributed by atoms with Crippen molar-refractivity contribution in [3.05, 3.63) is 78.7 Å². The maximum absolute atomic E-state index is 12.5. The zero-order chi connectivity index (χ0) is 18.8. The van der Waals surface area contributed by atoms with Crippen LogP contribution in [0.3, 0.4) is 0 Å². The summed E-state index contributed by atoms with van der Waals surface area (Å²) in [5, 5.41) is 8.41. The number of halogens is 2. The van der Waals surface area contributed by atoms with E-state index in [0.29, 0.717) is 11.1 Å². The van der Waals surface area contributed by atoms with Gasteiger partial charge in [0.2, 0.25) is 0 Å². The molecule has 148 valence electrons. The SMILES string of the molecule is CC(=O)OCC(=O)c1ccc(F)cc1.O=C(CO)c1ccc(F)cc1.[BH4-].[CH3-]. The van der Waals surface area contributed by atoms with Crippen LogP contribution in [0.5, 0.6) is 0 Å². The Hall–Kier alpha value is -2.87. The van der Waals surface area contributed by atoms with Gasteiger partial charge in [-0.25, -0.2) is 8.78 Å². The third-order valence-corrected chi connectivity index (χ3v) is 2.88. The number of aliphatic hydroxyl groups is 1. The van der Waals surface area contributed by atoms with Gasteiger partial charge in [0.15, 0.2) is 18.2 Å². The number of hydrogen-bond acceptors (Lipinski definition) is 5. The van der Waals surface area contributed by atoms with E-state index in [-0.39, 0.29) is 34.0 Å². The second-order valence-electron chi connectivity index (χ2n) is 4.80. The van der Waals surface area contributed by atoms with Crippen LogP contribution in [-0.2, 0) is 9.53 Å². The van der Waals surface area contributed by atoms with E-state index < -0.39 is 24.2 Å². The Labute approximate surface area is 158 Å². The van der Waals surface area contributed by atoms with Crippen molar-refractivity contribution in [1.29, 1.82) is 0 Å². The summed E-state index contributed by atoms with van der Waals surface area (Å²) < 4.78 is 29.3. The number of aliphatic hydroxyl groups excluding tert-OH is 1. The van der Waals surface area contributed by atoms with E-state index in [2.05, 4.69) is 4.74 Å². The predicted octanol–water partition coefficient (Wildman–Crippen LogP) is 1.57. The van der Waals surface area contributed by atoms with Gasteiger partial charge in [0.25, 0.3) is 0 Å². The highest BCUT2D eigenvalue weighted by Gasteiger charge is 2.07. The molecule has 0 spiro atoms. The van der Waals surface area contributed by atoms with Crippen molar-refractivity contribution in [3.8, 4) is 0 Å². The lowest BCUT2D eigenvalue weighted by Crippen LogP contribution is -2.11. The molecular weight excluding hydrogens is 357 g/mol. The first-order valence-electron chi connectivity index (χ1n) is 7.15. The molecule has 0 aliphatic heterocycles. The van der Waals surface area contributed by atoms with Gasteiger partial charge >= 0.3 is 5.97 Å². The zero-order valence-electron chi connectivity index (χ0n) is 14.4. The number of ketones is 2. The van der Waals surface area contributed by atoms with Gasteiger partial charge in [-0.1, -0.05) is 8.41 Å². The Bertz CT molecular complexity index is 731. The number of carbonyl (C=O) groups is 3. The third-order valence-electron chi connectivity index (χ3n) is 2.88. The quantitative estimate of drug-likeness (QED) is 0.369. The summed E-state index contributed by atoms with van der Waals surface area (Å²) in [6.07, 6.45) is 0. The smallest absolute Gasteiger partial charge is 0.303 e. The topological polar surface area (TPSA) is 80.7 Å². The fourth-order valence-corrected chi connectivity index (χ4v) is 1.61. The van der Waals surface area contributed by atoms with Gasteiger partial charge in [-0.2, -0.15) is 0 Å². The number of benzene rings is 2. The van der Waals surface area contributed by atoms with E-state index in [4.69, 9.17) is 5.11 Å². The highest BCUT2D eigenvalue weighted by atomic mass is 19.1. The molecule has 0 bridgehead atoms. The molecular formula is C19H23BF2O5-2. The molecule has 0 atom stereocenters. The average molecular weight is 380 g/mol. The predicted molar refractivity (Wildman–Crippen MR) is 103 cm³/mol. The number of ether oxygens (including phenoxy) is 1. The number of rotatable bonds is 5. The molecule has 0 unspecified atom stereocenters. The molecule has 0 saturated heterocycles. The van der Waals surface area contributed by atoms with Crippen molar-refractivity contribution < 1.29 is 33.0 Å². The summed E-state index contributed by atoms with van der Waals surface area (Å²) in [7, 11) is 0. The van der Waals surface area contributed by atoms with Crippen molar-refractivity contribution in [2.24, 2.45) is 0 Å². The molecule has 0 fully saturated rings. The lowest BCUT2D eigenvalue weighted by molar-refractivity contribution is -0.139. The first-order valence-corrected chi connectivity index (χ1v) is 7.15. The first-order chi connectivity index (χ1) is 11.8. The molecule has 0 amide bonds. The van der Waals surface area contributed by atoms with E-state index >= 15 is 0 Å². The van der Waals surface area contributed by atoms with Crippen LogP contribution in [0.2, 0.25) is 0 Å². The summed E-state index contributed by atoms with van der Waals surface area (Å²) >= 11 is 0. The maximum atomic E-state index is 12.5. The Balaban J connectivity index is 0. The van der Waals surface area contributed by atoms with Gasteiger partial charge in [-0.3, -0.25) is 14.4 Å². The van der Waals surface area contributed by atoms with E-state index in [1.807, 2.05) is 0 Å². The maximum Gasteiger partial charge on any atom is 0.303 e. The highest BCUT2D eigenvalue weighted by Crippen LogP contribution is 2.04. The molecule has 0 heterocycles. The van der Waals surface area contributed by atoms with Crippen LogP contribution in [0, 0.1) is 19.1 Å². The standard InChI is InChI=1S/C10H9FO3.C8H7FO2.CH3.BH4/c1-7(12)14-6-10(13)8-2-4-9(11)5-3-8;9-7-3-1-6(2-4-7)8(11)5-10;;/h2-5H,6H2,1H3;1-4,10H,5H2;1H3;1H4/q;;2*-1. The fourth-order valence-electron chi connectivity index (χ4n) is 1.61. The molecule has 27 heavy (non-hydrogen) atoms. The van der Waals surface area contributed by atoms with Crippen molar-refractivity contribution in [1.82, 2.24) is 0 Å². The van der Waals surface area contributed by atoms with Crippen LogP contribution < -0.4 is 0 Å². The lowest BCUT2D eigenvalue weighted by Gasteiger charge is -2.00. The summed E-state index contributed by atoms with van der Waals surface area (Å²) in [6, 6.07) is 10.1. The van der Waals surface area contributed by atoms with Crippen molar-refractivity contribution >= 4 is 25.9 Å². The van der Waals surface area contributed by atoms with Crippen LogP contribution in [0.25, 0.3) is 0 Å². The Morgan fingerprint density at radius 3 is 1.56 bits per heavy atom. The molecule has 0 aliphatic carbocycles. The summed E-state index contributed by atoms with van der Waals surface area (Å²) in [4.78, 5) is 32.4. The molecule has 8 heteroatoms. The zero-order valence-corrected chi connectivity index (χ0v) is 14.4. The van der Waals surface area contributed by atoms with E-state index in [1.165, 1.54) is 55.5 Å². The molecule has 2 aromatic carbocycles. The van der Waals surface area contributed by atoms with Gasteiger partial charge in [-0.15, -0.1) is 0 Å². The molecule has 0 saturated carbocycles. The molecule has 0 radical (unpaired) electrons. The van der Waals surface area contributed by atoms with Crippen molar-refractivity contribution in [2.75, 3.05) is 13.2 Å². The highest BCUT2D eigenvalue weighted by molar-refractivity contribution is 5.98. The minimum atomic E-state index is -0.536. The fraction of sp³-hybridized carbons (Fsp3) is 0.158. The van der Waals surface area contributed by atoms with Crippen molar-refractivity contribution in [3.63, 3.8) is 0 Å². The second-order valence-corrected chi connectivity index (χ2v) is 4.80. The van der Waals surface area contributed by atoms with Crippen LogP contribution in [0.4, 0.5) is 8.78 Å². The third kappa shape index (κ3) is 10.0. The average Bonchev–Trinajstić information content (AvgIpc) is 2.60. The van der Waals surface area contributed by atoms with Gasteiger partial charge < -0.3 is 17.3 Å². The Morgan fingerprint density at radius 2 is 1.22 bits per heavy atom.